The molecular weight excluding hydrogens is 186 g/mol. The van der Waals surface area contributed by atoms with Crippen LogP contribution in [0.25, 0.3) is 0 Å². The van der Waals surface area contributed by atoms with E-state index in [2.05, 4.69) is 24.4 Å². The van der Waals surface area contributed by atoms with Crippen LogP contribution < -0.4 is 5.32 Å². The lowest BCUT2D eigenvalue weighted by atomic mass is 9.98. The van der Waals surface area contributed by atoms with Crippen LogP contribution in [0.1, 0.15) is 31.9 Å². The van der Waals surface area contributed by atoms with Gasteiger partial charge in [0.15, 0.2) is 0 Å². The maximum atomic E-state index is 9.56. The number of nitrogens with one attached hydrogen (secondary N) is 1. The topological polar surface area (TPSA) is 32.3 Å². The van der Waals surface area contributed by atoms with E-state index in [0.29, 0.717) is 0 Å². The van der Waals surface area contributed by atoms with Crippen molar-refractivity contribution in [2.75, 3.05) is 0 Å². The smallest absolute Gasteiger partial charge is 0.0688 e. The fourth-order valence-corrected chi connectivity index (χ4v) is 1.28. The highest BCUT2D eigenvalue weighted by molar-refractivity contribution is 5.25. The zero-order chi connectivity index (χ0) is 11.5. The summed E-state index contributed by atoms with van der Waals surface area (Å²) in [5.74, 6) is 0. The van der Waals surface area contributed by atoms with Gasteiger partial charge < -0.3 is 10.4 Å². The average Bonchev–Trinajstić information content (AvgIpc) is 2.16. The first-order valence-electron chi connectivity index (χ1n) is 5.41. The second kappa shape index (κ2) is 4.77. The van der Waals surface area contributed by atoms with Crippen LogP contribution in [-0.2, 0) is 6.54 Å². The Morgan fingerprint density at radius 1 is 1.33 bits per heavy atom. The molecule has 2 nitrogen and oxygen atoms in total. The molecular formula is C13H21NO. The molecule has 15 heavy (non-hydrogen) atoms. The molecule has 0 amide bonds. The molecule has 0 aromatic heterocycles. The zero-order valence-electron chi connectivity index (χ0n) is 10.0. The Kier molecular flexibility index (Phi) is 3.89. The van der Waals surface area contributed by atoms with E-state index in [9.17, 15) is 5.11 Å². The Morgan fingerprint density at radius 3 is 2.47 bits per heavy atom. The highest BCUT2D eigenvalue weighted by Crippen LogP contribution is 2.12. The highest BCUT2D eigenvalue weighted by atomic mass is 16.3. The molecule has 0 spiro atoms. The summed E-state index contributed by atoms with van der Waals surface area (Å²) in [7, 11) is 0. The van der Waals surface area contributed by atoms with Crippen LogP contribution in [0.4, 0.5) is 0 Å². The van der Waals surface area contributed by atoms with Gasteiger partial charge in [-0.3, -0.25) is 0 Å². The summed E-state index contributed by atoms with van der Waals surface area (Å²) in [4.78, 5) is 0. The normalized spacial score (nSPS) is 13.9. The lowest BCUT2D eigenvalue weighted by molar-refractivity contribution is 0.0956. The standard InChI is InChI=1S/C13H21NO/c1-10-7-5-6-8-12(10)9-14-13(3,4)11(2)15/h5-8,11,14-15H,9H2,1-4H3. The molecule has 1 rings (SSSR count). The first-order chi connectivity index (χ1) is 6.93. The minimum Gasteiger partial charge on any atom is -0.392 e. The lowest BCUT2D eigenvalue weighted by Crippen LogP contribution is -2.47. The van der Waals surface area contributed by atoms with E-state index in [1.165, 1.54) is 11.1 Å². The van der Waals surface area contributed by atoms with Gasteiger partial charge in [-0.2, -0.15) is 0 Å². The molecule has 0 heterocycles. The summed E-state index contributed by atoms with van der Waals surface area (Å²) in [6.45, 7) is 8.73. The Morgan fingerprint density at radius 2 is 1.93 bits per heavy atom. The van der Waals surface area contributed by atoms with Crippen molar-refractivity contribution in [3.05, 3.63) is 35.4 Å². The van der Waals surface area contributed by atoms with Gasteiger partial charge in [0.05, 0.1) is 6.10 Å². The monoisotopic (exact) mass is 207 g/mol. The van der Waals surface area contributed by atoms with E-state index < -0.39 is 0 Å². The number of aliphatic hydroxyl groups is 1. The minimum atomic E-state index is -0.360. The number of benzene rings is 1. The summed E-state index contributed by atoms with van der Waals surface area (Å²) >= 11 is 0. The van der Waals surface area contributed by atoms with Gasteiger partial charge in [-0.15, -0.1) is 0 Å². The van der Waals surface area contributed by atoms with Crippen LogP contribution in [0.15, 0.2) is 24.3 Å². The third-order valence-corrected chi connectivity index (χ3v) is 3.04. The molecule has 2 N–H and O–H groups in total. The Hall–Kier alpha value is -0.860. The third kappa shape index (κ3) is 3.33. The van der Waals surface area contributed by atoms with Crippen molar-refractivity contribution in [3.63, 3.8) is 0 Å². The largest absolute Gasteiger partial charge is 0.392 e. The van der Waals surface area contributed by atoms with Crippen LogP contribution in [0, 0.1) is 6.92 Å². The van der Waals surface area contributed by atoms with Crippen molar-refractivity contribution >= 4 is 0 Å². The molecule has 1 aromatic rings. The summed E-state index contributed by atoms with van der Waals surface area (Å²) in [5, 5.41) is 12.9. The first-order valence-corrected chi connectivity index (χ1v) is 5.41. The molecule has 1 aromatic carbocycles. The van der Waals surface area contributed by atoms with E-state index in [-0.39, 0.29) is 11.6 Å². The van der Waals surface area contributed by atoms with E-state index in [1.54, 1.807) is 0 Å². The quantitative estimate of drug-likeness (QED) is 0.793. The van der Waals surface area contributed by atoms with Crippen LogP contribution in [0.2, 0.25) is 0 Å². The molecule has 0 bridgehead atoms. The van der Waals surface area contributed by atoms with Gasteiger partial charge in [0.2, 0.25) is 0 Å². The number of rotatable bonds is 4. The van der Waals surface area contributed by atoms with E-state index >= 15 is 0 Å². The van der Waals surface area contributed by atoms with Crippen LogP contribution >= 0.6 is 0 Å². The number of aryl methyl sites for hydroxylation is 1. The predicted molar refractivity (Wildman–Crippen MR) is 63.8 cm³/mol. The average molecular weight is 207 g/mol. The molecule has 0 aliphatic carbocycles. The van der Waals surface area contributed by atoms with Crippen LogP contribution in [0.3, 0.4) is 0 Å². The second-order valence-corrected chi connectivity index (χ2v) is 4.68. The number of hydrogen-bond donors (Lipinski definition) is 2. The lowest BCUT2D eigenvalue weighted by Gasteiger charge is -2.29. The van der Waals surface area contributed by atoms with Gasteiger partial charge in [-0.05, 0) is 38.8 Å². The summed E-state index contributed by atoms with van der Waals surface area (Å²) < 4.78 is 0. The van der Waals surface area contributed by atoms with E-state index in [1.807, 2.05) is 32.9 Å². The van der Waals surface area contributed by atoms with Crippen molar-refractivity contribution in [3.8, 4) is 0 Å². The maximum Gasteiger partial charge on any atom is 0.0688 e. The number of hydrogen-bond acceptors (Lipinski definition) is 2. The van der Waals surface area contributed by atoms with Crippen molar-refractivity contribution in [2.24, 2.45) is 0 Å². The van der Waals surface area contributed by atoms with Gasteiger partial charge in [0.1, 0.15) is 0 Å². The second-order valence-electron chi connectivity index (χ2n) is 4.68. The van der Waals surface area contributed by atoms with Crippen LogP contribution in [0.5, 0.6) is 0 Å². The van der Waals surface area contributed by atoms with Crippen molar-refractivity contribution < 1.29 is 5.11 Å². The predicted octanol–water partition coefficient (Wildman–Crippen LogP) is 2.24. The van der Waals surface area contributed by atoms with Crippen LogP contribution in [-0.4, -0.2) is 16.7 Å². The Labute approximate surface area is 92.3 Å². The molecule has 84 valence electrons. The minimum absolute atomic E-state index is 0.248. The first kappa shape index (κ1) is 12.2. The Balaban J connectivity index is 2.62. The van der Waals surface area contributed by atoms with Crippen molar-refractivity contribution in [1.29, 1.82) is 0 Å². The molecule has 0 saturated heterocycles. The van der Waals surface area contributed by atoms with Gasteiger partial charge in [-0.25, -0.2) is 0 Å². The van der Waals surface area contributed by atoms with Crippen molar-refractivity contribution in [1.82, 2.24) is 5.32 Å². The van der Waals surface area contributed by atoms with Crippen molar-refractivity contribution in [2.45, 2.75) is 45.9 Å². The SMILES string of the molecule is Cc1ccccc1CNC(C)(C)C(C)O. The summed E-state index contributed by atoms with van der Waals surface area (Å²) in [6.07, 6.45) is -0.360. The van der Waals surface area contributed by atoms with Gasteiger partial charge in [-0.1, -0.05) is 24.3 Å². The molecule has 1 atom stereocenters. The molecule has 0 radical (unpaired) electrons. The van der Waals surface area contributed by atoms with E-state index in [4.69, 9.17) is 0 Å². The summed E-state index contributed by atoms with van der Waals surface area (Å²) in [5.41, 5.74) is 2.32. The zero-order valence-corrected chi connectivity index (χ0v) is 10.0. The highest BCUT2D eigenvalue weighted by Gasteiger charge is 2.22. The fraction of sp³-hybridized carbons (Fsp3) is 0.538. The molecule has 1 unspecified atom stereocenters. The fourth-order valence-electron chi connectivity index (χ4n) is 1.28. The van der Waals surface area contributed by atoms with Gasteiger partial charge in [0.25, 0.3) is 0 Å². The third-order valence-electron chi connectivity index (χ3n) is 3.04. The molecule has 0 fully saturated rings. The number of aliphatic hydroxyl groups excluding tert-OH is 1. The van der Waals surface area contributed by atoms with Gasteiger partial charge in [0, 0.05) is 12.1 Å². The molecule has 0 saturated carbocycles. The molecule has 0 aliphatic rings. The van der Waals surface area contributed by atoms with Gasteiger partial charge >= 0.3 is 0 Å². The summed E-state index contributed by atoms with van der Waals surface area (Å²) in [6, 6.07) is 8.30. The molecule has 2 heteroatoms. The van der Waals surface area contributed by atoms with E-state index in [0.717, 1.165) is 6.54 Å². The molecule has 0 aliphatic heterocycles. The maximum absolute atomic E-state index is 9.56. The Bertz CT molecular complexity index is 318.